The number of nitrogens with zero attached hydrogens (tertiary/aromatic N) is 1. The summed E-state index contributed by atoms with van der Waals surface area (Å²) in [6, 6.07) is 2.03. The van der Waals surface area contributed by atoms with Crippen LogP contribution >= 0.6 is 0 Å². The summed E-state index contributed by atoms with van der Waals surface area (Å²) in [5.41, 5.74) is 0. The second-order valence-electron chi connectivity index (χ2n) is 4.63. The van der Waals surface area contributed by atoms with Gasteiger partial charge in [-0.15, -0.1) is 0 Å². The van der Waals surface area contributed by atoms with Crippen molar-refractivity contribution in [3.05, 3.63) is 0 Å². The molecule has 0 amide bonds. The number of Topliss-reactive ketones (excluding diaryl/α,β-unsaturated/α-hetero) is 3. The molecule has 0 aromatic carbocycles. The maximum atomic E-state index is 10.1. The third-order valence-corrected chi connectivity index (χ3v) is 1.57. The highest BCUT2D eigenvalue weighted by molar-refractivity contribution is 5.96. The molecule has 18 heavy (non-hydrogen) atoms. The lowest BCUT2D eigenvalue weighted by Crippen LogP contribution is -1.98. The van der Waals surface area contributed by atoms with Crippen LogP contribution in [-0.2, 0) is 14.4 Å². The van der Waals surface area contributed by atoms with E-state index >= 15 is 0 Å². The molecule has 0 heterocycles. The fourth-order valence-corrected chi connectivity index (χ4v) is 0.351. The summed E-state index contributed by atoms with van der Waals surface area (Å²) in [4.78, 5) is 30.2. The van der Waals surface area contributed by atoms with Gasteiger partial charge in [0.2, 0.25) is 0 Å². The standard InChI is InChI=1S/C5H8O2.C5H10O.C4H7N/c1-4(6)3-5(2)7;1-4(2)5(3)6;1-4(2)3-5/h3H2,1-2H3;4H,1-3H3;4H,1-2H3. The van der Waals surface area contributed by atoms with Gasteiger partial charge >= 0.3 is 0 Å². The molecule has 104 valence electrons. The minimum absolute atomic E-state index is 0.0625. The molecule has 0 spiro atoms. The minimum atomic E-state index is -0.0625. The molecule has 4 heteroatoms. The van der Waals surface area contributed by atoms with Crippen molar-refractivity contribution < 1.29 is 14.4 Å². The van der Waals surface area contributed by atoms with E-state index in [0.29, 0.717) is 0 Å². The zero-order chi connectivity index (χ0) is 15.3. The van der Waals surface area contributed by atoms with Crippen LogP contribution in [0.2, 0.25) is 0 Å². The summed E-state index contributed by atoms with van der Waals surface area (Å²) >= 11 is 0. The van der Waals surface area contributed by atoms with Crippen LogP contribution < -0.4 is 0 Å². The number of hydrogen-bond donors (Lipinski definition) is 0. The Morgan fingerprint density at radius 1 is 0.944 bits per heavy atom. The quantitative estimate of drug-likeness (QED) is 0.726. The number of rotatable bonds is 3. The highest BCUT2D eigenvalue weighted by atomic mass is 16.1. The Labute approximate surface area is 110 Å². The Morgan fingerprint density at radius 2 is 1.17 bits per heavy atom. The van der Waals surface area contributed by atoms with E-state index < -0.39 is 0 Å². The van der Waals surface area contributed by atoms with Crippen molar-refractivity contribution in [2.75, 3.05) is 0 Å². The molecule has 0 aliphatic rings. The van der Waals surface area contributed by atoms with Gasteiger partial charge in [-0.05, 0) is 34.6 Å². The zero-order valence-corrected chi connectivity index (χ0v) is 12.5. The van der Waals surface area contributed by atoms with Crippen molar-refractivity contribution in [3.63, 3.8) is 0 Å². The van der Waals surface area contributed by atoms with Gasteiger partial charge in [0, 0.05) is 11.8 Å². The fourth-order valence-electron chi connectivity index (χ4n) is 0.351. The predicted molar refractivity (Wildman–Crippen MR) is 71.9 cm³/mol. The van der Waals surface area contributed by atoms with Gasteiger partial charge in [-0.25, -0.2) is 0 Å². The molecule has 4 nitrogen and oxygen atoms in total. The molecule has 0 saturated heterocycles. The molecule has 0 N–H and O–H groups in total. The first kappa shape index (κ1) is 21.8. The molecule has 0 aromatic heterocycles. The van der Waals surface area contributed by atoms with Gasteiger partial charge in [-0.1, -0.05) is 13.8 Å². The van der Waals surface area contributed by atoms with Crippen molar-refractivity contribution in [1.29, 1.82) is 5.26 Å². The smallest absolute Gasteiger partial charge is 0.137 e. The van der Waals surface area contributed by atoms with E-state index in [-0.39, 0.29) is 35.6 Å². The lowest BCUT2D eigenvalue weighted by molar-refractivity contribution is -0.124. The van der Waals surface area contributed by atoms with Crippen LogP contribution in [-0.4, -0.2) is 17.3 Å². The molecule has 0 fully saturated rings. The molecular weight excluding hydrogens is 230 g/mol. The predicted octanol–water partition coefficient (Wildman–Crippen LogP) is 2.95. The number of carbonyl (C=O) groups is 3. The van der Waals surface area contributed by atoms with Gasteiger partial charge in [0.05, 0.1) is 12.5 Å². The van der Waals surface area contributed by atoms with Crippen molar-refractivity contribution in [3.8, 4) is 6.07 Å². The minimum Gasteiger partial charge on any atom is -0.300 e. The molecule has 0 aliphatic carbocycles. The summed E-state index contributed by atoms with van der Waals surface area (Å²) in [6.45, 7) is 11.9. The summed E-state index contributed by atoms with van der Waals surface area (Å²) in [5, 5.41) is 7.89. The van der Waals surface area contributed by atoms with Gasteiger partial charge < -0.3 is 0 Å². The van der Waals surface area contributed by atoms with Crippen LogP contribution in [0.25, 0.3) is 0 Å². The lowest BCUT2D eigenvalue weighted by atomic mass is 10.1. The van der Waals surface area contributed by atoms with Crippen molar-refractivity contribution >= 4 is 17.3 Å². The molecule has 0 saturated carbocycles. The molecule has 0 rings (SSSR count). The second kappa shape index (κ2) is 13.6. The van der Waals surface area contributed by atoms with Crippen LogP contribution in [0.15, 0.2) is 0 Å². The maximum absolute atomic E-state index is 10.1. The number of hydrogen-bond acceptors (Lipinski definition) is 4. The van der Waals surface area contributed by atoms with E-state index in [1.54, 1.807) is 6.92 Å². The SMILES string of the molecule is CC(=O)C(C)C.CC(=O)CC(C)=O.CC(C)C#N. The van der Waals surface area contributed by atoms with E-state index in [4.69, 9.17) is 5.26 Å². The van der Waals surface area contributed by atoms with E-state index in [1.807, 2.05) is 33.8 Å². The van der Waals surface area contributed by atoms with E-state index in [0.717, 1.165) is 0 Å². The van der Waals surface area contributed by atoms with Gasteiger partial charge in [0.1, 0.15) is 17.3 Å². The molecule has 0 radical (unpaired) electrons. The van der Waals surface area contributed by atoms with Crippen molar-refractivity contribution in [2.24, 2.45) is 11.8 Å². The molecule has 0 aromatic rings. The molecular formula is C14H25NO3. The number of carbonyl (C=O) groups excluding carboxylic acids is 3. The summed E-state index contributed by atoms with van der Waals surface area (Å²) in [5.74, 6) is 0.537. The van der Waals surface area contributed by atoms with E-state index in [2.05, 4.69) is 0 Å². The molecule has 0 unspecified atom stereocenters. The van der Waals surface area contributed by atoms with Gasteiger partial charge in [-0.2, -0.15) is 5.26 Å². The third-order valence-electron chi connectivity index (χ3n) is 1.57. The molecule has 0 aliphatic heterocycles. The van der Waals surface area contributed by atoms with E-state index in [1.165, 1.54) is 13.8 Å². The van der Waals surface area contributed by atoms with Gasteiger partial charge in [0.25, 0.3) is 0 Å². The Hall–Kier alpha value is -1.50. The lowest BCUT2D eigenvalue weighted by Gasteiger charge is -1.90. The highest BCUT2D eigenvalue weighted by Crippen LogP contribution is 1.89. The van der Waals surface area contributed by atoms with Gasteiger partial charge in [0.15, 0.2) is 0 Å². The zero-order valence-electron chi connectivity index (χ0n) is 12.5. The first-order valence-electron chi connectivity index (χ1n) is 5.93. The maximum Gasteiger partial charge on any atom is 0.137 e. The normalized spacial score (nSPS) is 8.44. The van der Waals surface area contributed by atoms with Crippen LogP contribution in [0.1, 0.15) is 54.9 Å². The van der Waals surface area contributed by atoms with Crippen LogP contribution in [0.5, 0.6) is 0 Å². The third kappa shape index (κ3) is 36.6. The van der Waals surface area contributed by atoms with Gasteiger partial charge in [-0.3, -0.25) is 14.4 Å². The Morgan fingerprint density at radius 3 is 1.17 bits per heavy atom. The summed E-state index contributed by atoms with van der Waals surface area (Å²) in [6.07, 6.45) is 0.0833. The average molecular weight is 255 g/mol. The molecule has 0 atom stereocenters. The van der Waals surface area contributed by atoms with Crippen molar-refractivity contribution in [2.45, 2.75) is 54.9 Å². The first-order chi connectivity index (χ1) is 8.04. The van der Waals surface area contributed by atoms with E-state index in [9.17, 15) is 14.4 Å². The Kier molecular flexibility index (Phi) is 16.4. The highest BCUT2D eigenvalue weighted by Gasteiger charge is 1.95. The Bertz CT molecular complexity index is 287. The van der Waals surface area contributed by atoms with Crippen LogP contribution in [0.4, 0.5) is 0 Å². The Balaban J connectivity index is -0.000000190. The number of ketones is 3. The second-order valence-corrected chi connectivity index (χ2v) is 4.63. The monoisotopic (exact) mass is 255 g/mol. The van der Waals surface area contributed by atoms with Crippen LogP contribution in [0, 0.1) is 23.2 Å². The average Bonchev–Trinajstić information content (AvgIpc) is 2.17. The van der Waals surface area contributed by atoms with Crippen molar-refractivity contribution in [1.82, 2.24) is 0 Å². The molecule has 0 bridgehead atoms. The van der Waals surface area contributed by atoms with Crippen LogP contribution in [0.3, 0.4) is 0 Å². The largest absolute Gasteiger partial charge is 0.300 e. The summed E-state index contributed by atoms with van der Waals surface area (Å²) in [7, 11) is 0. The topological polar surface area (TPSA) is 75.0 Å². The summed E-state index contributed by atoms with van der Waals surface area (Å²) < 4.78 is 0. The fraction of sp³-hybridized carbons (Fsp3) is 0.714. The number of nitriles is 1. The first-order valence-corrected chi connectivity index (χ1v) is 5.93.